The molecular weight excluding hydrogens is 502 g/mol. The third-order valence-electron chi connectivity index (χ3n) is 5.97. The number of rotatable bonds is 7. The van der Waals surface area contributed by atoms with E-state index < -0.39 is 30.3 Å². The number of amides is 3. The van der Waals surface area contributed by atoms with E-state index in [4.69, 9.17) is 9.47 Å². The van der Waals surface area contributed by atoms with E-state index >= 15 is 0 Å². The van der Waals surface area contributed by atoms with Gasteiger partial charge >= 0.3 is 6.09 Å². The largest absolute Gasteiger partial charge is 0.481 e. The van der Waals surface area contributed by atoms with Crippen molar-refractivity contribution in [3.05, 3.63) is 48.2 Å². The maximum atomic E-state index is 12.6. The van der Waals surface area contributed by atoms with Crippen LogP contribution in [0.25, 0.3) is 11.0 Å². The molecule has 3 amide bonds. The van der Waals surface area contributed by atoms with Crippen LogP contribution in [0.1, 0.15) is 11.7 Å². The van der Waals surface area contributed by atoms with Gasteiger partial charge < -0.3 is 30.3 Å². The molecule has 37 heavy (non-hydrogen) atoms. The summed E-state index contributed by atoms with van der Waals surface area (Å²) in [6.45, 7) is 0.0713. The predicted molar refractivity (Wildman–Crippen MR) is 133 cm³/mol. The number of carbonyl (C=O) groups is 3. The Morgan fingerprint density at radius 2 is 2.14 bits per heavy atom. The van der Waals surface area contributed by atoms with Crippen LogP contribution in [0.2, 0.25) is 0 Å². The standard InChI is InChI=1S/C24H23N5O7S/c1-35-19-5-3-15-20(28-19)14(6-7-25-15)21(31)22(32)23(33)26-9-13-10-29(24(34)36-13)12-2-4-17-16(8-12)27-18(30)11-37-17/h2-8,13,21-22,31-32H,9-11H2,1H3,(H,26,33)(H,27,30)/t13-,21-,22+/m1/s1. The number of pyridine rings is 2. The Labute approximate surface area is 215 Å². The van der Waals surface area contributed by atoms with Gasteiger partial charge in [-0.3, -0.25) is 19.5 Å². The number of aliphatic hydroxyl groups excluding tert-OH is 2. The molecule has 0 unspecified atom stereocenters. The molecule has 3 aromatic rings. The van der Waals surface area contributed by atoms with Crippen molar-refractivity contribution < 1.29 is 34.1 Å². The summed E-state index contributed by atoms with van der Waals surface area (Å²) in [6, 6.07) is 10.0. The molecule has 5 rings (SSSR count). The van der Waals surface area contributed by atoms with Gasteiger partial charge in [0.2, 0.25) is 11.8 Å². The number of nitrogens with zero attached hydrogens (tertiary/aromatic N) is 3. The molecule has 1 saturated heterocycles. The third-order valence-corrected chi connectivity index (χ3v) is 7.04. The molecule has 1 aromatic carbocycles. The van der Waals surface area contributed by atoms with Crippen LogP contribution in [0.4, 0.5) is 16.2 Å². The van der Waals surface area contributed by atoms with Crippen molar-refractivity contribution in [2.75, 3.05) is 36.2 Å². The summed E-state index contributed by atoms with van der Waals surface area (Å²) < 4.78 is 10.5. The van der Waals surface area contributed by atoms with Gasteiger partial charge in [0.05, 0.1) is 42.7 Å². The minimum atomic E-state index is -1.81. The van der Waals surface area contributed by atoms with Crippen LogP contribution in [-0.4, -0.2) is 76.2 Å². The van der Waals surface area contributed by atoms with Gasteiger partial charge in [0.1, 0.15) is 12.2 Å². The highest BCUT2D eigenvalue weighted by Crippen LogP contribution is 2.35. The lowest BCUT2D eigenvalue weighted by atomic mass is 10.0. The molecule has 13 heteroatoms. The van der Waals surface area contributed by atoms with E-state index in [2.05, 4.69) is 20.6 Å². The Hall–Kier alpha value is -3.94. The number of fused-ring (bicyclic) bond motifs is 2. The average molecular weight is 526 g/mol. The number of cyclic esters (lactones) is 1. The number of carbonyl (C=O) groups excluding carboxylic acids is 3. The molecule has 4 N–H and O–H groups in total. The second-order valence-electron chi connectivity index (χ2n) is 8.39. The van der Waals surface area contributed by atoms with Crippen molar-refractivity contribution in [1.29, 1.82) is 0 Å². The highest BCUT2D eigenvalue weighted by molar-refractivity contribution is 8.00. The van der Waals surface area contributed by atoms with Crippen molar-refractivity contribution in [2.24, 2.45) is 0 Å². The Morgan fingerprint density at radius 1 is 1.30 bits per heavy atom. The van der Waals surface area contributed by atoms with Gasteiger partial charge in [-0.1, -0.05) is 0 Å². The molecule has 2 aliphatic heterocycles. The fourth-order valence-corrected chi connectivity index (χ4v) is 4.88. The molecule has 0 bridgehead atoms. The van der Waals surface area contributed by atoms with Gasteiger partial charge in [-0.05, 0) is 30.3 Å². The number of aliphatic hydroxyl groups is 2. The van der Waals surface area contributed by atoms with Crippen LogP contribution in [0.15, 0.2) is 47.5 Å². The van der Waals surface area contributed by atoms with Gasteiger partial charge in [-0.2, -0.15) is 0 Å². The number of anilines is 2. The SMILES string of the molecule is COc1ccc2nccc([C@@H](O)[C@H](O)C(=O)NC[C@@H]3CN(c4ccc5c(c4)NC(=O)CS5)C(=O)O3)c2n1. The van der Waals surface area contributed by atoms with E-state index in [1.165, 1.54) is 36.0 Å². The molecule has 4 heterocycles. The van der Waals surface area contributed by atoms with E-state index in [1.807, 2.05) is 6.07 Å². The summed E-state index contributed by atoms with van der Waals surface area (Å²) >= 11 is 1.41. The fourth-order valence-electron chi connectivity index (χ4n) is 4.09. The van der Waals surface area contributed by atoms with Crippen LogP contribution in [-0.2, 0) is 14.3 Å². The summed E-state index contributed by atoms with van der Waals surface area (Å²) in [7, 11) is 1.45. The zero-order valence-corrected chi connectivity index (χ0v) is 20.4. The van der Waals surface area contributed by atoms with E-state index in [0.717, 1.165) is 4.90 Å². The number of ether oxygens (including phenoxy) is 2. The van der Waals surface area contributed by atoms with Gasteiger partial charge in [0, 0.05) is 28.4 Å². The molecule has 2 aromatic heterocycles. The first-order valence-electron chi connectivity index (χ1n) is 11.3. The first-order valence-corrected chi connectivity index (χ1v) is 12.3. The summed E-state index contributed by atoms with van der Waals surface area (Å²) in [4.78, 5) is 47.5. The summed E-state index contributed by atoms with van der Waals surface area (Å²) in [5.74, 6) is -0.332. The lowest BCUT2D eigenvalue weighted by molar-refractivity contribution is -0.135. The second kappa shape index (κ2) is 10.2. The first kappa shape index (κ1) is 24.7. The zero-order valence-electron chi connectivity index (χ0n) is 19.6. The molecule has 0 spiro atoms. The predicted octanol–water partition coefficient (Wildman–Crippen LogP) is 1.22. The lowest BCUT2D eigenvalue weighted by Gasteiger charge is -2.20. The van der Waals surface area contributed by atoms with E-state index in [-0.39, 0.29) is 24.6 Å². The number of benzene rings is 1. The average Bonchev–Trinajstić information content (AvgIpc) is 3.29. The van der Waals surface area contributed by atoms with E-state index in [9.17, 15) is 24.6 Å². The summed E-state index contributed by atoms with van der Waals surface area (Å²) in [5, 5.41) is 26.5. The molecule has 0 saturated carbocycles. The van der Waals surface area contributed by atoms with Gasteiger partial charge in [-0.25, -0.2) is 9.78 Å². The van der Waals surface area contributed by atoms with Crippen LogP contribution in [0, 0.1) is 0 Å². The normalized spacial score (nSPS) is 18.6. The number of hydrogen-bond acceptors (Lipinski definition) is 10. The van der Waals surface area contributed by atoms with Gasteiger partial charge in [0.15, 0.2) is 6.10 Å². The number of aromatic nitrogens is 2. The smallest absolute Gasteiger partial charge is 0.414 e. The maximum absolute atomic E-state index is 12.6. The highest BCUT2D eigenvalue weighted by Gasteiger charge is 2.34. The second-order valence-corrected chi connectivity index (χ2v) is 9.41. The summed E-state index contributed by atoms with van der Waals surface area (Å²) in [5.41, 5.74) is 2.13. The number of hydrogen-bond donors (Lipinski definition) is 4. The Balaban J connectivity index is 1.22. The maximum Gasteiger partial charge on any atom is 0.414 e. The van der Waals surface area contributed by atoms with Crippen molar-refractivity contribution in [1.82, 2.24) is 15.3 Å². The number of nitrogens with one attached hydrogen (secondary N) is 2. The Morgan fingerprint density at radius 3 is 2.95 bits per heavy atom. The molecule has 0 radical (unpaired) electrons. The zero-order chi connectivity index (χ0) is 26.1. The third kappa shape index (κ3) is 5.01. The van der Waals surface area contributed by atoms with Crippen LogP contribution in [0.3, 0.4) is 0 Å². The topological polar surface area (TPSA) is 163 Å². The molecule has 1 fully saturated rings. The molecule has 3 atom stereocenters. The highest BCUT2D eigenvalue weighted by atomic mass is 32.2. The monoisotopic (exact) mass is 525 g/mol. The Bertz CT molecular complexity index is 1390. The van der Waals surface area contributed by atoms with Crippen molar-refractivity contribution in [3.63, 3.8) is 0 Å². The van der Waals surface area contributed by atoms with Crippen LogP contribution in [0.5, 0.6) is 5.88 Å². The lowest BCUT2D eigenvalue weighted by Crippen LogP contribution is -2.42. The quantitative estimate of drug-likeness (QED) is 0.353. The molecule has 12 nitrogen and oxygen atoms in total. The number of methoxy groups -OCH3 is 1. The molecule has 192 valence electrons. The minimum Gasteiger partial charge on any atom is -0.481 e. The molecule has 2 aliphatic rings. The van der Waals surface area contributed by atoms with E-state index in [1.54, 1.807) is 24.3 Å². The van der Waals surface area contributed by atoms with Crippen molar-refractivity contribution >= 4 is 52.1 Å². The van der Waals surface area contributed by atoms with Crippen LogP contribution < -0.4 is 20.3 Å². The van der Waals surface area contributed by atoms with Gasteiger partial charge in [0.25, 0.3) is 5.91 Å². The van der Waals surface area contributed by atoms with Crippen molar-refractivity contribution in [3.8, 4) is 5.88 Å². The Kier molecular flexibility index (Phi) is 6.82. The molecular formula is C24H23N5O7S. The van der Waals surface area contributed by atoms with Crippen molar-refractivity contribution in [2.45, 2.75) is 23.2 Å². The first-order chi connectivity index (χ1) is 17.8. The van der Waals surface area contributed by atoms with E-state index in [0.29, 0.717) is 34.0 Å². The van der Waals surface area contributed by atoms with Crippen LogP contribution >= 0.6 is 11.8 Å². The fraction of sp³-hybridized carbons (Fsp3) is 0.292. The summed E-state index contributed by atoms with van der Waals surface area (Å²) in [6.07, 6.45) is -3.24. The molecule has 0 aliphatic carbocycles. The minimum absolute atomic E-state index is 0.0778. The van der Waals surface area contributed by atoms with Gasteiger partial charge in [-0.15, -0.1) is 11.8 Å². The number of thioether (sulfide) groups is 1.